The zero-order chi connectivity index (χ0) is 18.4. The van der Waals surface area contributed by atoms with E-state index in [1.54, 1.807) is 0 Å². The summed E-state index contributed by atoms with van der Waals surface area (Å²) in [5.41, 5.74) is 1.32. The Balaban J connectivity index is 1.62. The Kier molecular flexibility index (Phi) is 6.30. The first kappa shape index (κ1) is 18.9. The topological polar surface area (TPSA) is 69.6 Å². The fourth-order valence-corrected chi connectivity index (χ4v) is 4.56. The molecule has 142 valence electrons. The number of carboxylic acid groups (broad SMARTS) is 1. The quantitative estimate of drug-likeness (QED) is 0.820. The van der Waals surface area contributed by atoms with Crippen molar-refractivity contribution in [3.05, 3.63) is 35.9 Å². The van der Waals surface area contributed by atoms with E-state index in [1.165, 1.54) is 24.8 Å². The molecule has 3 rings (SSSR count). The molecule has 5 heteroatoms. The van der Waals surface area contributed by atoms with Crippen LogP contribution in [-0.4, -0.2) is 47.6 Å². The Hall–Kier alpha value is -1.88. The molecule has 0 aromatic heterocycles. The van der Waals surface area contributed by atoms with Gasteiger partial charge in [0.2, 0.25) is 5.91 Å². The van der Waals surface area contributed by atoms with E-state index in [0.717, 1.165) is 25.7 Å². The number of benzene rings is 1. The van der Waals surface area contributed by atoms with E-state index < -0.39 is 12.0 Å². The van der Waals surface area contributed by atoms with Crippen LogP contribution in [0.25, 0.3) is 0 Å². The van der Waals surface area contributed by atoms with Crippen molar-refractivity contribution in [1.29, 1.82) is 0 Å². The number of carboxylic acids is 1. The summed E-state index contributed by atoms with van der Waals surface area (Å²) in [5, 5.41) is 12.5. The van der Waals surface area contributed by atoms with Crippen LogP contribution in [0.2, 0.25) is 0 Å². The van der Waals surface area contributed by atoms with Crippen LogP contribution in [0.4, 0.5) is 0 Å². The van der Waals surface area contributed by atoms with Crippen LogP contribution in [-0.2, 0) is 15.0 Å². The van der Waals surface area contributed by atoms with Crippen molar-refractivity contribution < 1.29 is 14.7 Å². The second kappa shape index (κ2) is 8.67. The predicted molar refractivity (Wildman–Crippen MR) is 101 cm³/mol. The number of nitrogens with zero attached hydrogens (tertiary/aromatic N) is 1. The van der Waals surface area contributed by atoms with E-state index in [2.05, 4.69) is 29.6 Å². The molecule has 1 saturated carbocycles. The summed E-state index contributed by atoms with van der Waals surface area (Å²) in [6, 6.07) is 9.98. The first-order chi connectivity index (χ1) is 12.6. The van der Waals surface area contributed by atoms with Gasteiger partial charge in [0.05, 0.1) is 6.54 Å². The van der Waals surface area contributed by atoms with Gasteiger partial charge in [0, 0.05) is 12.0 Å². The molecule has 2 N–H and O–H groups in total. The third kappa shape index (κ3) is 4.44. The molecule has 1 aromatic rings. The van der Waals surface area contributed by atoms with Crippen molar-refractivity contribution in [2.75, 3.05) is 19.6 Å². The molecule has 5 nitrogen and oxygen atoms in total. The molecule has 1 heterocycles. The summed E-state index contributed by atoms with van der Waals surface area (Å²) in [5.74, 6) is -0.871. The lowest BCUT2D eigenvalue weighted by Crippen LogP contribution is -2.50. The van der Waals surface area contributed by atoms with Crippen LogP contribution in [0.3, 0.4) is 0 Å². The lowest BCUT2D eigenvalue weighted by atomic mass is 9.69. The van der Waals surface area contributed by atoms with E-state index in [4.69, 9.17) is 0 Å². The van der Waals surface area contributed by atoms with Crippen LogP contribution in [0.1, 0.15) is 56.9 Å². The number of carbonyl (C=O) groups is 2. The largest absolute Gasteiger partial charge is 0.480 e. The fourth-order valence-electron chi connectivity index (χ4n) is 4.56. The standard InChI is InChI=1S/C21H30N2O3/c24-19(15-23-14-8-5-11-18(23)20(25)26)22-16-21(12-6-2-7-13-21)17-9-3-1-4-10-17/h1,3-4,9-10,18H,2,5-8,11-16H2,(H,22,24)(H,25,26). The minimum atomic E-state index is -0.814. The van der Waals surface area contributed by atoms with Crippen molar-refractivity contribution in [2.24, 2.45) is 0 Å². The highest BCUT2D eigenvalue weighted by Crippen LogP contribution is 2.38. The molecule has 2 aliphatic rings. The summed E-state index contributed by atoms with van der Waals surface area (Å²) in [7, 11) is 0. The monoisotopic (exact) mass is 358 g/mol. The number of hydrogen-bond acceptors (Lipinski definition) is 3. The first-order valence-corrected chi connectivity index (χ1v) is 9.90. The van der Waals surface area contributed by atoms with Gasteiger partial charge in [-0.05, 0) is 37.8 Å². The molecule has 1 atom stereocenters. The third-order valence-corrected chi connectivity index (χ3v) is 6.07. The lowest BCUT2D eigenvalue weighted by molar-refractivity contribution is -0.145. The van der Waals surface area contributed by atoms with Gasteiger partial charge in [0.25, 0.3) is 0 Å². The molecule has 26 heavy (non-hydrogen) atoms. The number of amides is 1. The highest BCUT2D eigenvalue weighted by Gasteiger charge is 2.35. The molecule has 1 unspecified atom stereocenters. The van der Waals surface area contributed by atoms with Gasteiger partial charge in [0.15, 0.2) is 0 Å². The van der Waals surface area contributed by atoms with Crippen LogP contribution < -0.4 is 5.32 Å². The maximum Gasteiger partial charge on any atom is 0.320 e. The second-order valence-electron chi connectivity index (χ2n) is 7.80. The van der Waals surface area contributed by atoms with Crippen molar-refractivity contribution >= 4 is 11.9 Å². The van der Waals surface area contributed by atoms with Crippen LogP contribution in [0, 0.1) is 0 Å². The van der Waals surface area contributed by atoms with Crippen molar-refractivity contribution in [3.8, 4) is 0 Å². The number of likely N-dealkylation sites (tertiary alicyclic amines) is 1. The summed E-state index contributed by atoms with van der Waals surface area (Å²) in [6.45, 7) is 1.51. The van der Waals surface area contributed by atoms with Gasteiger partial charge >= 0.3 is 5.97 Å². The molecule has 0 bridgehead atoms. The van der Waals surface area contributed by atoms with Crippen LogP contribution in [0.15, 0.2) is 30.3 Å². The Labute approximate surface area is 155 Å². The van der Waals surface area contributed by atoms with E-state index in [-0.39, 0.29) is 17.9 Å². The summed E-state index contributed by atoms with van der Waals surface area (Å²) >= 11 is 0. The highest BCUT2D eigenvalue weighted by molar-refractivity contribution is 5.80. The van der Waals surface area contributed by atoms with Gasteiger partial charge in [0.1, 0.15) is 6.04 Å². The zero-order valence-corrected chi connectivity index (χ0v) is 15.5. The van der Waals surface area contributed by atoms with Crippen LogP contribution >= 0.6 is 0 Å². The van der Waals surface area contributed by atoms with E-state index in [9.17, 15) is 14.7 Å². The Morgan fingerprint density at radius 3 is 2.50 bits per heavy atom. The molecule has 0 radical (unpaired) electrons. The van der Waals surface area contributed by atoms with Gasteiger partial charge in [-0.15, -0.1) is 0 Å². The molecule has 2 fully saturated rings. The first-order valence-electron chi connectivity index (χ1n) is 9.90. The molecule has 1 amide bonds. The number of piperidine rings is 1. The number of aliphatic carboxylic acids is 1. The smallest absolute Gasteiger partial charge is 0.320 e. The molecule has 1 aliphatic carbocycles. The molecule has 0 spiro atoms. The maximum absolute atomic E-state index is 12.5. The average Bonchev–Trinajstić information content (AvgIpc) is 2.68. The summed E-state index contributed by atoms with van der Waals surface area (Å²) in [4.78, 5) is 25.8. The van der Waals surface area contributed by atoms with Crippen LogP contribution in [0.5, 0.6) is 0 Å². The second-order valence-corrected chi connectivity index (χ2v) is 7.80. The van der Waals surface area contributed by atoms with Gasteiger partial charge in [-0.1, -0.05) is 56.0 Å². The normalized spacial score (nSPS) is 23.3. The SMILES string of the molecule is O=C(CN1CCCCC1C(=O)O)NCC1(c2ccccc2)CCCCC1. The average molecular weight is 358 g/mol. The highest BCUT2D eigenvalue weighted by atomic mass is 16.4. The molecular weight excluding hydrogens is 328 g/mol. The van der Waals surface area contributed by atoms with Gasteiger partial charge in [-0.2, -0.15) is 0 Å². The summed E-state index contributed by atoms with van der Waals surface area (Å²) < 4.78 is 0. The molecular formula is C21H30N2O3. The molecule has 1 aliphatic heterocycles. The Morgan fingerprint density at radius 2 is 1.81 bits per heavy atom. The number of nitrogens with one attached hydrogen (secondary N) is 1. The maximum atomic E-state index is 12.5. The zero-order valence-electron chi connectivity index (χ0n) is 15.5. The van der Waals surface area contributed by atoms with E-state index >= 15 is 0 Å². The van der Waals surface area contributed by atoms with Gasteiger partial charge in [-0.3, -0.25) is 14.5 Å². The van der Waals surface area contributed by atoms with Crippen molar-refractivity contribution in [1.82, 2.24) is 10.2 Å². The minimum Gasteiger partial charge on any atom is -0.480 e. The van der Waals surface area contributed by atoms with E-state index in [0.29, 0.717) is 19.5 Å². The lowest BCUT2D eigenvalue weighted by Gasteiger charge is -2.38. The number of carbonyl (C=O) groups excluding carboxylic acids is 1. The van der Waals surface area contributed by atoms with Crippen molar-refractivity contribution in [2.45, 2.75) is 62.8 Å². The minimum absolute atomic E-state index is 0.0171. The number of rotatable bonds is 6. The third-order valence-electron chi connectivity index (χ3n) is 6.07. The Morgan fingerprint density at radius 1 is 1.08 bits per heavy atom. The van der Waals surface area contributed by atoms with Gasteiger partial charge in [-0.25, -0.2) is 0 Å². The fraction of sp³-hybridized carbons (Fsp3) is 0.619. The summed E-state index contributed by atoms with van der Waals surface area (Å²) in [6.07, 6.45) is 8.36. The van der Waals surface area contributed by atoms with Gasteiger partial charge < -0.3 is 10.4 Å². The number of hydrogen-bond donors (Lipinski definition) is 2. The molecule has 1 aromatic carbocycles. The molecule has 1 saturated heterocycles. The van der Waals surface area contributed by atoms with Crippen molar-refractivity contribution in [3.63, 3.8) is 0 Å². The van der Waals surface area contributed by atoms with E-state index in [1.807, 2.05) is 11.0 Å². The Bertz CT molecular complexity index is 611. The predicted octanol–water partition coefficient (Wildman–Crippen LogP) is 2.94.